The van der Waals surface area contributed by atoms with Gasteiger partial charge in [-0.25, -0.2) is 4.79 Å². The molecule has 4 rings (SSSR count). The highest BCUT2D eigenvalue weighted by molar-refractivity contribution is 5.86. The van der Waals surface area contributed by atoms with Gasteiger partial charge in [0.15, 0.2) is 0 Å². The van der Waals surface area contributed by atoms with Gasteiger partial charge < -0.3 is 25.0 Å². The van der Waals surface area contributed by atoms with Crippen LogP contribution in [0.25, 0.3) is 0 Å². The van der Waals surface area contributed by atoms with E-state index in [9.17, 15) is 14.7 Å². The van der Waals surface area contributed by atoms with E-state index in [1.807, 2.05) is 12.1 Å². The topological polar surface area (TPSA) is 82.1 Å². The van der Waals surface area contributed by atoms with E-state index in [1.54, 1.807) is 12.1 Å². The first-order chi connectivity index (χ1) is 14.0. The van der Waals surface area contributed by atoms with Crippen molar-refractivity contribution in [3.8, 4) is 5.75 Å². The molecular formula is C22H31N3O4. The van der Waals surface area contributed by atoms with Crippen molar-refractivity contribution < 1.29 is 19.4 Å². The Morgan fingerprint density at radius 2 is 1.86 bits per heavy atom. The maximum atomic E-state index is 13.4. The fourth-order valence-corrected chi connectivity index (χ4v) is 5.18. The van der Waals surface area contributed by atoms with Crippen LogP contribution < -0.4 is 15.0 Å². The maximum Gasteiger partial charge on any atom is 0.412 e. The lowest BCUT2D eigenvalue weighted by molar-refractivity contribution is -0.139. The standard InChI is InChI=1S/C22H31N3O4/c1-23-21(28)29-19-9-5-16(6-10-19)24-13-2-11-22(15-24)12-14-25(20(22)27)17-3-7-18(26)8-4-17/h5-6,9-10,17-18,26H,2-4,7-8,11-15H2,1H3,(H,23,28). The maximum absolute atomic E-state index is 13.4. The molecule has 2 amide bonds. The van der Waals surface area contributed by atoms with E-state index < -0.39 is 6.09 Å². The van der Waals surface area contributed by atoms with Crippen molar-refractivity contribution in [3.63, 3.8) is 0 Å². The number of aliphatic hydroxyl groups is 1. The second-order valence-corrected chi connectivity index (χ2v) is 8.65. The number of aliphatic hydroxyl groups excluding tert-OH is 1. The van der Waals surface area contributed by atoms with Crippen molar-refractivity contribution >= 4 is 17.7 Å². The van der Waals surface area contributed by atoms with Crippen LogP contribution in [0.3, 0.4) is 0 Å². The largest absolute Gasteiger partial charge is 0.412 e. The predicted octanol–water partition coefficient (Wildman–Crippen LogP) is 2.53. The Labute approximate surface area is 172 Å². The number of piperidine rings is 1. The summed E-state index contributed by atoms with van der Waals surface area (Å²) in [7, 11) is 1.53. The Morgan fingerprint density at radius 3 is 2.55 bits per heavy atom. The first-order valence-electron chi connectivity index (χ1n) is 10.7. The van der Waals surface area contributed by atoms with Gasteiger partial charge in [0.2, 0.25) is 5.91 Å². The summed E-state index contributed by atoms with van der Waals surface area (Å²) in [5, 5.41) is 12.2. The molecule has 0 aromatic heterocycles. The van der Waals surface area contributed by atoms with E-state index in [0.717, 1.165) is 70.3 Å². The summed E-state index contributed by atoms with van der Waals surface area (Å²) in [5.74, 6) is 0.811. The molecule has 2 heterocycles. The fraction of sp³-hybridized carbons (Fsp3) is 0.636. The molecule has 2 aliphatic heterocycles. The third-order valence-electron chi connectivity index (χ3n) is 6.85. The van der Waals surface area contributed by atoms with Gasteiger partial charge in [-0.2, -0.15) is 0 Å². The molecule has 3 fully saturated rings. The fourth-order valence-electron chi connectivity index (χ4n) is 5.18. The summed E-state index contributed by atoms with van der Waals surface area (Å²) in [6, 6.07) is 7.79. The molecular weight excluding hydrogens is 370 g/mol. The zero-order valence-electron chi connectivity index (χ0n) is 17.1. The molecule has 2 N–H and O–H groups in total. The van der Waals surface area contributed by atoms with E-state index >= 15 is 0 Å². The van der Waals surface area contributed by atoms with Crippen LogP contribution in [0.5, 0.6) is 5.75 Å². The van der Waals surface area contributed by atoms with Crippen molar-refractivity contribution in [2.45, 2.75) is 57.1 Å². The van der Waals surface area contributed by atoms with Crippen LogP contribution in [-0.2, 0) is 4.79 Å². The average molecular weight is 402 g/mol. The number of anilines is 1. The van der Waals surface area contributed by atoms with Gasteiger partial charge in [-0.3, -0.25) is 4.79 Å². The number of benzene rings is 1. The first-order valence-corrected chi connectivity index (χ1v) is 10.7. The minimum Gasteiger partial charge on any atom is -0.410 e. The highest BCUT2D eigenvalue weighted by Crippen LogP contribution is 2.43. The number of hydrogen-bond acceptors (Lipinski definition) is 5. The number of carbonyl (C=O) groups is 2. The summed E-state index contributed by atoms with van der Waals surface area (Å²) >= 11 is 0. The molecule has 158 valence electrons. The van der Waals surface area contributed by atoms with Crippen LogP contribution in [0, 0.1) is 5.41 Å². The third-order valence-corrected chi connectivity index (χ3v) is 6.85. The smallest absolute Gasteiger partial charge is 0.410 e. The zero-order chi connectivity index (χ0) is 20.4. The molecule has 1 saturated carbocycles. The van der Waals surface area contributed by atoms with Gasteiger partial charge >= 0.3 is 6.09 Å². The SMILES string of the molecule is CNC(=O)Oc1ccc(N2CCCC3(CCN(C4CCC(O)CC4)C3=O)C2)cc1. The molecule has 1 atom stereocenters. The van der Waals surface area contributed by atoms with Crippen LogP contribution in [-0.4, -0.2) is 60.8 Å². The lowest BCUT2D eigenvalue weighted by atomic mass is 9.78. The molecule has 3 aliphatic rings. The quantitative estimate of drug-likeness (QED) is 0.813. The van der Waals surface area contributed by atoms with Crippen molar-refractivity contribution in [1.29, 1.82) is 0 Å². The number of rotatable bonds is 3. The van der Waals surface area contributed by atoms with E-state index in [1.165, 1.54) is 7.05 Å². The molecule has 1 unspecified atom stereocenters. The van der Waals surface area contributed by atoms with Crippen molar-refractivity contribution in [2.24, 2.45) is 5.41 Å². The van der Waals surface area contributed by atoms with E-state index in [0.29, 0.717) is 17.7 Å². The van der Waals surface area contributed by atoms with Gasteiger partial charge in [0.1, 0.15) is 5.75 Å². The van der Waals surface area contributed by atoms with Crippen molar-refractivity contribution in [1.82, 2.24) is 10.2 Å². The molecule has 7 nitrogen and oxygen atoms in total. The Morgan fingerprint density at radius 1 is 1.14 bits per heavy atom. The Hall–Kier alpha value is -2.28. The number of nitrogens with zero attached hydrogens (tertiary/aromatic N) is 2. The van der Waals surface area contributed by atoms with Gasteiger partial charge in [-0.1, -0.05) is 0 Å². The third kappa shape index (κ3) is 4.06. The van der Waals surface area contributed by atoms with Crippen LogP contribution in [0.2, 0.25) is 0 Å². The molecule has 0 bridgehead atoms. The molecule has 1 aromatic carbocycles. The van der Waals surface area contributed by atoms with Crippen LogP contribution in [0.1, 0.15) is 44.9 Å². The molecule has 0 radical (unpaired) electrons. The minimum absolute atomic E-state index is 0.196. The van der Waals surface area contributed by atoms with E-state index in [-0.39, 0.29) is 11.5 Å². The minimum atomic E-state index is -0.485. The number of hydrogen-bond donors (Lipinski definition) is 2. The lowest BCUT2D eigenvalue weighted by Crippen LogP contribution is -2.50. The number of carbonyl (C=O) groups excluding carboxylic acids is 2. The van der Waals surface area contributed by atoms with Gasteiger partial charge in [0.05, 0.1) is 11.5 Å². The Bertz CT molecular complexity index is 745. The summed E-state index contributed by atoms with van der Waals surface area (Å²) in [6.07, 6.45) is 5.62. The number of ether oxygens (including phenoxy) is 1. The van der Waals surface area contributed by atoms with Gasteiger partial charge in [-0.15, -0.1) is 0 Å². The van der Waals surface area contributed by atoms with E-state index in [4.69, 9.17) is 4.74 Å². The second-order valence-electron chi connectivity index (χ2n) is 8.65. The lowest BCUT2D eigenvalue weighted by Gasteiger charge is -2.41. The van der Waals surface area contributed by atoms with Gasteiger partial charge in [0, 0.05) is 38.4 Å². The van der Waals surface area contributed by atoms with Crippen LogP contribution in [0.15, 0.2) is 24.3 Å². The van der Waals surface area contributed by atoms with Gasteiger partial charge in [0.25, 0.3) is 0 Å². The van der Waals surface area contributed by atoms with E-state index in [2.05, 4.69) is 15.1 Å². The van der Waals surface area contributed by atoms with Crippen LogP contribution >= 0.6 is 0 Å². The second kappa shape index (κ2) is 8.22. The highest BCUT2D eigenvalue weighted by Gasteiger charge is 2.50. The monoisotopic (exact) mass is 401 g/mol. The number of amides is 2. The molecule has 29 heavy (non-hydrogen) atoms. The Balaban J connectivity index is 1.43. The normalized spacial score (nSPS) is 29.9. The molecule has 2 saturated heterocycles. The predicted molar refractivity (Wildman–Crippen MR) is 110 cm³/mol. The molecule has 1 aromatic rings. The molecule has 1 aliphatic carbocycles. The zero-order valence-corrected chi connectivity index (χ0v) is 17.1. The van der Waals surface area contributed by atoms with Gasteiger partial charge in [-0.05, 0) is 69.2 Å². The molecule has 7 heteroatoms. The molecule has 1 spiro atoms. The number of nitrogens with one attached hydrogen (secondary N) is 1. The summed E-state index contributed by atoms with van der Waals surface area (Å²) in [4.78, 5) is 29.2. The Kier molecular flexibility index (Phi) is 5.67. The first kappa shape index (κ1) is 20.0. The summed E-state index contributed by atoms with van der Waals surface area (Å²) in [6.45, 7) is 2.51. The summed E-state index contributed by atoms with van der Waals surface area (Å²) < 4.78 is 5.16. The summed E-state index contributed by atoms with van der Waals surface area (Å²) in [5.41, 5.74) is 0.770. The van der Waals surface area contributed by atoms with Crippen molar-refractivity contribution in [3.05, 3.63) is 24.3 Å². The average Bonchev–Trinajstić information content (AvgIpc) is 3.04. The van der Waals surface area contributed by atoms with Crippen LogP contribution in [0.4, 0.5) is 10.5 Å². The highest BCUT2D eigenvalue weighted by atomic mass is 16.5. The van der Waals surface area contributed by atoms with Crippen molar-refractivity contribution in [2.75, 3.05) is 31.6 Å². The number of likely N-dealkylation sites (tertiary alicyclic amines) is 1.